The second kappa shape index (κ2) is 8.03. The molecule has 2 aromatic rings. The normalized spacial score (nSPS) is 23.5. The third kappa shape index (κ3) is 4.62. The van der Waals surface area contributed by atoms with Gasteiger partial charge in [-0.15, -0.1) is 0 Å². The summed E-state index contributed by atoms with van der Waals surface area (Å²) >= 11 is 0. The minimum absolute atomic E-state index is 0.510. The zero-order chi connectivity index (χ0) is 17.7. The van der Waals surface area contributed by atoms with Gasteiger partial charge in [-0.1, -0.05) is 49.7 Å². The molecule has 3 nitrogen and oxygen atoms in total. The molecule has 0 spiro atoms. The first-order valence-corrected chi connectivity index (χ1v) is 9.42. The highest BCUT2D eigenvalue weighted by Gasteiger charge is 2.34. The molecular weight excluding hydrogens is 310 g/mol. The van der Waals surface area contributed by atoms with Crippen LogP contribution in [0.4, 0.5) is 5.69 Å². The van der Waals surface area contributed by atoms with Crippen molar-refractivity contribution in [3.63, 3.8) is 0 Å². The van der Waals surface area contributed by atoms with E-state index in [0.717, 1.165) is 44.2 Å². The summed E-state index contributed by atoms with van der Waals surface area (Å²) in [5.41, 5.74) is 10.3. The molecule has 1 aliphatic carbocycles. The Morgan fingerprint density at radius 3 is 2.12 bits per heavy atom. The molecule has 0 bridgehead atoms. The molecule has 0 aromatic heterocycles. The van der Waals surface area contributed by atoms with Crippen LogP contribution in [0.25, 0.3) is 11.1 Å². The molecule has 0 heterocycles. The summed E-state index contributed by atoms with van der Waals surface area (Å²) in [4.78, 5) is 0. The van der Waals surface area contributed by atoms with Crippen LogP contribution in [0, 0.1) is 0 Å². The number of anilines is 1. The fourth-order valence-electron chi connectivity index (χ4n) is 3.58. The predicted octanol–water partition coefficient (Wildman–Crippen LogP) is 5.10. The molecular formula is C22H29NO2. The van der Waals surface area contributed by atoms with Crippen LogP contribution in [0.15, 0.2) is 48.5 Å². The minimum Gasteiger partial charge on any atom is -0.399 e. The molecule has 0 saturated heterocycles. The molecule has 3 N–H and O–H groups in total. The number of rotatable bonds is 6. The van der Waals surface area contributed by atoms with Crippen molar-refractivity contribution in [1.29, 1.82) is 0 Å². The first-order valence-electron chi connectivity index (χ1n) is 9.42. The van der Waals surface area contributed by atoms with Gasteiger partial charge in [-0.2, -0.15) is 0 Å². The van der Waals surface area contributed by atoms with Crippen LogP contribution in [-0.4, -0.2) is 17.5 Å². The van der Waals surface area contributed by atoms with Crippen LogP contribution in [-0.2, 0) is 4.74 Å². The first-order chi connectivity index (χ1) is 12.1. The standard InChI is InChI=1S/C22H29NO2/c1-2-3-16-25-22(24)14-12-20(13-15-22)18-6-4-17(5-7-18)19-8-10-21(23)11-9-19/h4-11,20,24H,2-3,12-16,23H2,1H3. The van der Waals surface area contributed by atoms with E-state index in [1.165, 1.54) is 16.7 Å². The van der Waals surface area contributed by atoms with Gasteiger partial charge in [0.25, 0.3) is 0 Å². The van der Waals surface area contributed by atoms with Crippen molar-refractivity contribution in [3.05, 3.63) is 54.1 Å². The zero-order valence-electron chi connectivity index (χ0n) is 15.1. The fraction of sp³-hybridized carbons (Fsp3) is 0.455. The number of nitrogens with two attached hydrogens (primary N) is 1. The fourth-order valence-corrected chi connectivity index (χ4v) is 3.58. The Labute approximate surface area is 150 Å². The molecule has 3 rings (SSSR count). The highest BCUT2D eigenvalue weighted by Crippen LogP contribution is 2.39. The summed E-state index contributed by atoms with van der Waals surface area (Å²) < 4.78 is 5.73. The Morgan fingerprint density at radius 1 is 1.00 bits per heavy atom. The lowest BCUT2D eigenvalue weighted by molar-refractivity contribution is -0.222. The molecule has 0 aliphatic heterocycles. The highest BCUT2D eigenvalue weighted by atomic mass is 16.6. The second-order valence-corrected chi connectivity index (χ2v) is 7.17. The van der Waals surface area contributed by atoms with Gasteiger partial charge in [0.05, 0.1) is 6.61 Å². The highest BCUT2D eigenvalue weighted by molar-refractivity contribution is 5.65. The third-order valence-corrected chi connectivity index (χ3v) is 5.26. The van der Waals surface area contributed by atoms with Crippen LogP contribution >= 0.6 is 0 Å². The number of ether oxygens (including phenoxy) is 1. The molecule has 0 amide bonds. The number of hydrogen-bond acceptors (Lipinski definition) is 3. The van der Waals surface area contributed by atoms with E-state index < -0.39 is 5.79 Å². The number of aliphatic hydroxyl groups is 1. The van der Waals surface area contributed by atoms with Gasteiger partial charge in [-0.25, -0.2) is 0 Å². The Kier molecular flexibility index (Phi) is 5.77. The van der Waals surface area contributed by atoms with Gasteiger partial charge in [0.2, 0.25) is 0 Å². The van der Waals surface area contributed by atoms with Crippen LogP contribution in [0.1, 0.15) is 56.9 Å². The number of unbranched alkanes of at least 4 members (excludes halogenated alkanes) is 1. The van der Waals surface area contributed by atoms with Gasteiger partial charge in [0.1, 0.15) is 0 Å². The van der Waals surface area contributed by atoms with Crippen LogP contribution in [0.2, 0.25) is 0 Å². The van der Waals surface area contributed by atoms with Gasteiger partial charge in [0.15, 0.2) is 5.79 Å². The maximum Gasteiger partial charge on any atom is 0.165 e. The van der Waals surface area contributed by atoms with Crippen molar-refractivity contribution in [1.82, 2.24) is 0 Å². The zero-order valence-corrected chi connectivity index (χ0v) is 15.1. The van der Waals surface area contributed by atoms with E-state index in [2.05, 4.69) is 43.3 Å². The summed E-state index contributed by atoms with van der Waals surface area (Å²) in [6.07, 6.45) is 5.51. The SMILES string of the molecule is CCCCOC1(O)CCC(c2ccc(-c3ccc(N)cc3)cc2)CC1. The Balaban J connectivity index is 1.59. The van der Waals surface area contributed by atoms with E-state index in [0.29, 0.717) is 12.5 Å². The smallest absolute Gasteiger partial charge is 0.165 e. The first kappa shape index (κ1) is 18.0. The number of hydrogen-bond donors (Lipinski definition) is 2. The molecule has 3 heteroatoms. The average Bonchev–Trinajstić information content (AvgIpc) is 2.63. The van der Waals surface area contributed by atoms with Gasteiger partial charge in [0, 0.05) is 18.5 Å². The van der Waals surface area contributed by atoms with Crippen molar-refractivity contribution in [2.75, 3.05) is 12.3 Å². The largest absolute Gasteiger partial charge is 0.399 e. The molecule has 2 aromatic carbocycles. The van der Waals surface area contributed by atoms with Crippen LogP contribution < -0.4 is 5.73 Å². The van der Waals surface area contributed by atoms with Crippen molar-refractivity contribution in [3.8, 4) is 11.1 Å². The maximum absolute atomic E-state index is 10.5. The van der Waals surface area contributed by atoms with E-state index in [1.807, 2.05) is 12.1 Å². The second-order valence-electron chi connectivity index (χ2n) is 7.17. The molecule has 1 aliphatic rings. The van der Waals surface area contributed by atoms with Crippen LogP contribution in [0.5, 0.6) is 0 Å². The molecule has 134 valence electrons. The lowest BCUT2D eigenvalue weighted by Crippen LogP contribution is -2.36. The molecule has 0 radical (unpaired) electrons. The Bertz CT molecular complexity index is 655. The van der Waals surface area contributed by atoms with Crippen molar-refractivity contribution in [2.24, 2.45) is 0 Å². The monoisotopic (exact) mass is 339 g/mol. The van der Waals surface area contributed by atoms with E-state index in [4.69, 9.17) is 10.5 Å². The van der Waals surface area contributed by atoms with Gasteiger partial charge in [-0.3, -0.25) is 0 Å². The molecule has 1 saturated carbocycles. The van der Waals surface area contributed by atoms with Crippen LogP contribution in [0.3, 0.4) is 0 Å². The Morgan fingerprint density at radius 2 is 1.56 bits per heavy atom. The molecule has 0 unspecified atom stereocenters. The van der Waals surface area contributed by atoms with E-state index in [-0.39, 0.29) is 0 Å². The van der Waals surface area contributed by atoms with Crippen molar-refractivity contribution < 1.29 is 9.84 Å². The summed E-state index contributed by atoms with van der Waals surface area (Å²) in [6, 6.07) is 16.8. The quantitative estimate of drug-likeness (QED) is 0.437. The van der Waals surface area contributed by atoms with Gasteiger partial charge >= 0.3 is 0 Å². The number of nitrogen functional groups attached to an aromatic ring is 1. The van der Waals surface area contributed by atoms with E-state index in [9.17, 15) is 5.11 Å². The molecule has 0 atom stereocenters. The lowest BCUT2D eigenvalue weighted by Gasteiger charge is -2.36. The molecule has 1 fully saturated rings. The van der Waals surface area contributed by atoms with E-state index in [1.54, 1.807) is 0 Å². The number of benzene rings is 2. The van der Waals surface area contributed by atoms with Gasteiger partial charge in [-0.05, 0) is 54.0 Å². The predicted molar refractivity (Wildman–Crippen MR) is 103 cm³/mol. The van der Waals surface area contributed by atoms with Crippen molar-refractivity contribution >= 4 is 5.69 Å². The average molecular weight is 339 g/mol. The maximum atomic E-state index is 10.5. The topological polar surface area (TPSA) is 55.5 Å². The summed E-state index contributed by atoms with van der Waals surface area (Å²) in [5, 5.41) is 10.5. The summed E-state index contributed by atoms with van der Waals surface area (Å²) in [5.74, 6) is -0.397. The minimum atomic E-state index is -0.907. The van der Waals surface area contributed by atoms with Gasteiger partial charge < -0.3 is 15.6 Å². The third-order valence-electron chi connectivity index (χ3n) is 5.26. The summed E-state index contributed by atoms with van der Waals surface area (Å²) in [7, 11) is 0. The lowest BCUT2D eigenvalue weighted by atomic mass is 9.80. The summed E-state index contributed by atoms with van der Waals surface area (Å²) in [6.45, 7) is 2.80. The molecule has 25 heavy (non-hydrogen) atoms. The van der Waals surface area contributed by atoms with Crippen molar-refractivity contribution in [2.45, 2.75) is 57.2 Å². The Hall–Kier alpha value is -1.84. The van der Waals surface area contributed by atoms with E-state index >= 15 is 0 Å².